The molecule has 0 saturated heterocycles. The van der Waals surface area contributed by atoms with Crippen LogP contribution in [0.3, 0.4) is 0 Å². The van der Waals surface area contributed by atoms with E-state index in [9.17, 15) is 0 Å². The molecule has 0 atom stereocenters. The van der Waals surface area contributed by atoms with E-state index >= 15 is 0 Å². The Morgan fingerprint density at radius 2 is 1.04 bits per heavy atom. The van der Waals surface area contributed by atoms with Gasteiger partial charge in [-0.05, 0) is 0 Å². The van der Waals surface area contributed by atoms with Crippen molar-refractivity contribution in [3.05, 3.63) is 60.7 Å². The zero-order chi connectivity index (χ0) is 16.4. The third kappa shape index (κ3) is 4.88. The van der Waals surface area contributed by atoms with Crippen LogP contribution in [0.5, 0.6) is 0 Å². The summed E-state index contributed by atoms with van der Waals surface area (Å²) in [4.78, 5) is 0. The monoisotopic (exact) mass is 332 g/mol. The second kappa shape index (κ2) is 9.82. The molecule has 126 valence electrons. The molecular formula is C20H29O2P. The van der Waals surface area contributed by atoms with Crippen LogP contribution in [0, 0.1) is 0 Å². The van der Waals surface area contributed by atoms with Gasteiger partial charge in [-0.15, -0.1) is 0 Å². The van der Waals surface area contributed by atoms with Gasteiger partial charge in [-0.2, -0.15) is 0 Å². The predicted octanol–water partition coefficient (Wildman–Crippen LogP) is 3.46. The molecular weight excluding hydrogens is 303 g/mol. The summed E-state index contributed by atoms with van der Waals surface area (Å²) in [6.45, 7) is 7.32. The topological polar surface area (TPSA) is 18.5 Å². The van der Waals surface area contributed by atoms with Crippen molar-refractivity contribution in [2.45, 2.75) is 13.8 Å². The Kier molecular flexibility index (Phi) is 7.74. The van der Waals surface area contributed by atoms with E-state index in [2.05, 4.69) is 74.5 Å². The summed E-state index contributed by atoms with van der Waals surface area (Å²) in [7, 11) is -1.87. The van der Waals surface area contributed by atoms with Gasteiger partial charge >= 0.3 is 141 Å². The Hall–Kier alpha value is -1.21. The Morgan fingerprint density at radius 1 is 0.652 bits per heavy atom. The van der Waals surface area contributed by atoms with E-state index in [0.717, 1.165) is 38.8 Å². The van der Waals surface area contributed by atoms with E-state index in [1.807, 2.05) is 0 Å². The summed E-state index contributed by atoms with van der Waals surface area (Å²) in [5.74, 6) is 0. The third-order valence-corrected chi connectivity index (χ3v) is 9.40. The van der Waals surface area contributed by atoms with Crippen molar-refractivity contribution in [3.63, 3.8) is 0 Å². The Balaban J connectivity index is 2.39. The Labute approximate surface area is 141 Å². The fourth-order valence-electron chi connectivity index (χ4n) is 3.16. The van der Waals surface area contributed by atoms with Gasteiger partial charge in [-0.1, -0.05) is 0 Å². The zero-order valence-corrected chi connectivity index (χ0v) is 15.3. The third-order valence-electron chi connectivity index (χ3n) is 4.41. The van der Waals surface area contributed by atoms with Crippen LogP contribution in [0.1, 0.15) is 13.8 Å². The molecule has 2 rings (SSSR count). The van der Waals surface area contributed by atoms with Crippen molar-refractivity contribution in [2.24, 2.45) is 0 Å². The predicted molar refractivity (Wildman–Crippen MR) is 103 cm³/mol. The number of hydrogen-bond donors (Lipinski definition) is 0. The van der Waals surface area contributed by atoms with Crippen LogP contribution in [-0.4, -0.2) is 38.8 Å². The van der Waals surface area contributed by atoms with E-state index in [0.29, 0.717) is 0 Å². The van der Waals surface area contributed by atoms with Crippen LogP contribution in [0.15, 0.2) is 60.7 Å². The molecule has 0 aliphatic rings. The quantitative estimate of drug-likeness (QED) is 0.490. The van der Waals surface area contributed by atoms with Crippen LogP contribution in [-0.2, 0) is 9.47 Å². The van der Waals surface area contributed by atoms with Gasteiger partial charge in [0, 0.05) is 0 Å². The van der Waals surface area contributed by atoms with Crippen LogP contribution >= 0.6 is 7.26 Å². The average molecular weight is 332 g/mol. The molecule has 0 N–H and O–H groups in total. The summed E-state index contributed by atoms with van der Waals surface area (Å²) in [5, 5.41) is 2.95. The van der Waals surface area contributed by atoms with E-state index in [1.165, 1.54) is 10.6 Å². The molecule has 2 aromatic rings. The van der Waals surface area contributed by atoms with Crippen molar-refractivity contribution < 1.29 is 9.47 Å². The van der Waals surface area contributed by atoms with Gasteiger partial charge in [0.2, 0.25) is 0 Å². The van der Waals surface area contributed by atoms with Crippen molar-refractivity contribution in [1.29, 1.82) is 0 Å². The summed E-state index contributed by atoms with van der Waals surface area (Å²) in [5.41, 5.74) is 0. The Bertz CT molecular complexity index is 491. The van der Waals surface area contributed by atoms with Gasteiger partial charge in [0.15, 0.2) is 0 Å². The molecule has 0 unspecified atom stereocenters. The summed E-state index contributed by atoms with van der Waals surface area (Å²) < 4.78 is 11.5. The molecule has 0 amide bonds. The van der Waals surface area contributed by atoms with Crippen LogP contribution < -0.4 is 10.6 Å². The van der Waals surface area contributed by atoms with E-state index in [4.69, 9.17) is 9.47 Å². The molecule has 0 fully saturated rings. The molecule has 0 aromatic heterocycles. The normalized spacial score (nSPS) is 12.3. The molecule has 0 aliphatic carbocycles. The van der Waals surface area contributed by atoms with Crippen LogP contribution in [0.25, 0.3) is 0 Å². The zero-order valence-electron chi connectivity index (χ0n) is 14.3. The molecule has 0 bridgehead atoms. The SMILES string of the molecule is CCOCC[PH](CCOCC)(c1ccccc1)c1ccccc1. The van der Waals surface area contributed by atoms with Gasteiger partial charge in [0.1, 0.15) is 0 Å². The molecule has 0 heterocycles. The van der Waals surface area contributed by atoms with Gasteiger partial charge in [0.25, 0.3) is 0 Å². The second-order valence-electron chi connectivity index (χ2n) is 5.71. The number of rotatable bonds is 10. The average Bonchev–Trinajstić information content (AvgIpc) is 2.62. The second-order valence-corrected chi connectivity index (χ2v) is 10.0. The van der Waals surface area contributed by atoms with Gasteiger partial charge in [0.05, 0.1) is 0 Å². The molecule has 2 aromatic carbocycles. The van der Waals surface area contributed by atoms with Crippen molar-refractivity contribution in [2.75, 3.05) is 38.8 Å². The van der Waals surface area contributed by atoms with Gasteiger partial charge in [-0.3, -0.25) is 0 Å². The fraction of sp³-hybridized carbons (Fsp3) is 0.400. The fourth-order valence-corrected chi connectivity index (χ4v) is 7.55. The first-order valence-corrected chi connectivity index (χ1v) is 11.0. The first-order chi connectivity index (χ1) is 11.3. The molecule has 0 spiro atoms. The summed E-state index contributed by atoms with van der Waals surface area (Å²) in [6, 6.07) is 22.0. The van der Waals surface area contributed by atoms with Crippen LogP contribution in [0.4, 0.5) is 0 Å². The Morgan fingerprint density at radius 3 is 1.39 bits per heavy atom. The minimum absolute atomic E-state index is 0.777. The summed E-state index contributed by atoms with van der Waals surface area (Å²) >= 11 is 0. The molecule has 23 heavy (non-hydrogen) atoms. The minimum atomic E-state index is -1.87. The van der Waals surface area contributed by atoms with E-state index in [1.54, 1.807) is 0 Å². The molecule has 2 nitrogen and oxygen atoms in total. The first-order valence-electron chi connectivity index (χ1n) is 8.60. The van der Waals surface area contributed by atoms with Crippen molar-refractivity contribution >= 4 is 17.9 Å². The van der Waals surface area contributed by atoms with E-state index in [-0.39, 0.29) is 0 Å². The van der Waals surface area contributed by atoms with Crippen LogP contribution in [0.2, 0.25) is 0 Å². The number of ether oxygens (including phenoxy) is 2. The molecule has 0 aliphatic heterocycles. The van der Waals surface area contributed by atoms with E-state index < -0.39 is 7.26 Å². The number of hydrogen-bond acceptors (Lipinski definition) is 2. The number of benzene rings is 2. The van der Waals surface area contributed by atoms with Gasteiger partial charge in [-0.25, -0.2) is 0 Å². The molecule has 0 saturated carbocycles. The maximum atomic E-state index is 5.73. The van der Waals surface area contributed by atoms with Gasteiger partial charge < -0.3 is 0 Å². The maximum absolute atomic E-state index is 5.73. The molecule has 3 heteroatoms. The summed E-state index contributed by atoms with van der Waals surface area (Å²) in [6.07, 6.45) is 2.20. The molecule has 0 radical (unpaired) electrons. The van der Waals surface area contributed by atoms with Crippen molar-refractivity contribution in [3.8, 4) is 0 Å². The first kappa shape index (κ1) is 18.1. The standard InChI is InChI=1S/C20H29O2P/c1-3-21-15-17-23(18-16-22-4-2,19-11-7-5-8-12-19)20-13-9-6-10-14-20/h5-14,23H,3-4,15-18H2,1-2H3. The van der Waals surface area contributed by atoms with Crippen molar-refractivity contribution in [1.82, 2.24) is 0 Å².